The summed E-state index contributed by atoms with van der Waals surface area (Å²) in [6.45, 7) is 7.69. The van der Waals surface area contributed by atoms with Gasteiger partial charge in [0.1, 0.15) is 17.1 Å². The zero-order chi connectivity index (χ0) is 22.9. The van der Waals surface area contributed by atoms with Gasteiger partial charge in [0.05, 0.1) is 29.6 Å². The summed E-state index contributed by atoms with van der Waals surface area (Å²) in [6, 6.07) is 1.78. The first kappa shape index (κ1) is 20.5. The third-order valence-corrected chi connectivity index (χ3v) is 9.62. The second-order valence-electron chi connectivity index (χ2n) is 11.6. The zero-order valence-electron chi connectivity index (χ0n) is 18.9. The maximum atomic E-state index is 13.7. The highest BCUT2D eigenvalue weighted by Gasteiger charge is 2.81. The van der Waals surface area contributed by atoms with Crippen LogP contribution < -0.4 is 0 Å². The van der Waals surface area contributed by atoms with Crippen molar-refractivity contribution in [2.75, 3.05) is 0 Å². The van der Waals surface area contributed by atoms with Gasteiger partial charge < -0.3 is 24.1 Å². The van der Waals surface area contributed by atoms with Crippen LogP contribution in [0, 0.1) is 28.6 Å². The van der Waals surface area contributed by atoms with Gasteiger partial charge in [0, 0.05) is 29.2 Å². The van der Waals surface area contributed by atoms with E-state index in [4.69, 9.17) is 13.9 Å². The molecule has 2 bridgehead atoms. The van der Waals surface area contributed by atoms with Crippen molar-refractivity contribution in [1.82, 2.24) is 0 Å². The molecule has 1 spiro atoms. The number of fused-ring (bicyclic) bond motifs is 5. The summed E-state index contributed by atoms with van der Waals surface area (Å²) in [5, 5.41) is 24.3. The first-order valence-electron chi connectivity index (χ1n) is 11.5. The second-order valence-corrected chi connectivity index (χ2v) is 11.6. The van der Waals surface area contributed by atoms with E-state index in [0.717, 1.165) is 11.1 Å². The molecular formula is C25H30O7. The van der Waals surface area contributed by atoms with Gasteiger partial charge in [0.2, 0.25) is 0 Å². The summed E-state index contributed by atoms with van der Waals surface area (Å²) in [5.41, 5.74) is -4.11. The maximum Gasteiger partial charge on any atom is 0.319 e. The quantitative estimate of drug-likeness (QED) is 0.509. The summed E-state index contributed by atoms with van der Waals surface area (Å²) in [5.74, 6) is -2.62. The summed E-state index contributed by atoms with van der Waals surface area (Å²) in [6.07, 6.45) is 5.73. The molecular weight excluding hydrogens is 412 g/mol. The number of ether oxygens (including phenoxy) is 2. The van der Waals surface area contributed by atoms with Gasteiger partial charge in [-0.3, -0.25) is 9.59 Å². The number of esters is 2. The first-order valence-corrected chi connectivity index (χ1v) is 11.5. The number of carbonyl (C=O) groups excluding carboxylic acids is 2. The van der Waals surface area contributed by atoms with Gasteiger partial charge in [0.15, 0.2) is 0 Å². The standard InChI is InChI=1S/C25H30O7/c1-13-9-24-16-5-7-22(4)17(19(26)31-18(22)14-6-8-30-11-14)25(16,29)12-23(24,28)10-15(13)21(2,3)32-20(24)27/h6,8-9,11,15-18,28-29H,5,7,10,12H2,1-4H3/t15-,16+,17-,18+,22?,23-,24-,25+/m1/s1. The Kier molecular flexibility index (Phi) is 3.63. The molecule has 1 aromatic rings. The first-order chi connectivity index (χ1) is 14.9. The molecule has 7 nitrogen and oxygen atoms in total. The Bertz CT molecular complexity index is 1060. The van der Waals surface area contributed by atoms with E-state index < -0.39 is 57.5 Å². The van der Waals surface area contributed by atoms with Gasteiger partial charge in [-0.25, -0.2) is 0 Å². The van der Waals surface area contributed by atoms with E-state index in [9.17, 15) is 19.8 Å². The largest absolute Gasteiger partial charge is 0.472 e. The van der Waals surface area contributed by atoms with Crippen LogP contribution in [0.15, 0.2) is 34.7 Å². The molecule has 0 radical (unpaired) electrons. The number of cyclic esters (lactones) is 1. The van der Waals surface area contributed by atoms with Crippen LogP contribution in [0.2, 0.25) is 0 Å². The molecule has 1 unspecified atom stereocenters. The lowest BCUT2D eigenvalue weighted by Crippen LogP contribution is -2.58. The Labute approximate surface area is 186 Å². The maximum absolute atomic E-state index is 13.7. The van der Waals surface area contributed by atoms with Crippen LogP contribution in [0.3, 0.4) is 0 Å². The molecule has 2 saturated carbocycles. The molecule has 0 amide bonds. The minimum absolute atomic E-state index is 0.0520. The van der Waals surface area contributed by atoms with Gasteiger partial charge in [-0.05, 0) is 46.1 Å². The Morgan fingerprint density at radius 3 is 2.59 bits per heavy atom. The number of aliphatic hydroxyl groups is 2. The van der Waals surface area contributed by atoms with E-state index in [1.54, 1.807) is 18.6 Å². The van der Waals surface area contributed by atoms with Gasteiger partial charge in [0.25, 0.3) is 0 Å². The molecule has 1 aromatic heterocycles. The van der Waals surface area contributed by atoms with Crippen LogP contribution in [-0.4, -0.2) is 39.0 Å². The lowest BCUT2D eigenvalue weighted by atomic mass is 9.52. The second kappa shape index (κ2) is 5.68. The SMILES string of the molecule is CC1=C[C@@]23C(=O)OC(C)(C)[C@@H]1C[C@@]2(O)C[C@@]1(O)[C@@H]2C(=O)O[C@@H](c4ccoc4)C2(C)CC[C@H]13. The fraction of sp³-hybridized carbons (Fsp3) is 0.680. The molecule has 4 fully saturated rings. The van der Waals surface area contributed by atoms with Crippen molar-refractivity contribution in [3.05, 3.63) is 35.8 Å². The number of hydrogen-bond donors (Lipinski definition) is 2. The van der Waals surface area contributed by atoms with Crippen molar-refractivity contribution in [1.29, 1.82) is 0 Å². The Hall–Kier alpha value is -2.12. The van der Waals surface area contributed by atoms with E-state index >= 15 is 0 Å². The van der Waals surface area contributed by atoms with Crippen molar-refractivity contribution in [2.24, 2.45) is 28.6 Å². The van der Waals surface area contributed by atoms with Gasteiger partial charge in [-0.2, -0.15) is 0 Å². The van der Waals surface area contributed by atoms with Crippen LogP contribution in [0.1, 0.15) is 65.0 Å². The molecule has 172 valence electrons. The minimum Gasteiger partial charge on any atom is -0.472 e. The van der Waals surface area contributed by atoms with Gasteiger partial charge >= 0.3 is 11.9 Å². The molecule has 3 aliphatic heterocycles. The highest BCUT2D eigenvalue weighted by atomic mass is 16.6. The molecule has 7 heteroatoms. The molecule has 32 heavy (non-hydrogen) atoms. The molecule has 3 aliphatic carbocycles. The molecule has 8 atom stereocenters. The fourth-order valence-corrected chi connectivity index (χ4v) is 8.37. The number of rotatable bonds is 1. The van der Waals surface area contributed by atoms with E-state index in [1.807, 2.05) is 33.8 Å². The zero-order valence-corrected chi connectivity index (χ0v) is 18.9. The lowest BCUT2D eigenvalue weighted by molar-refractivity contribution is -0.183. The van der Waals surface area contributed by atoms with Crippen molar-refractivity contribution in [3.8, 4) is 0 Å². The lowest BCUT2D eigenvalue weighted by Gasteiger charge is -2.50. The Morgan fingerprint density at radius 2 is 1.91 bits per heavy atom. The Morgan fingerprint density at radius 1 is 1.16 bits per heavy atom. The summed E-state index contributed by atoms with van der Waals surface area (Å²) in [7, 11) is 0. The van der Waals surface area contributed by atoms with E-state index in [2.05, 4.69) is 0 Å². The smallest absolute Gasteiger partial charge is 0.319 e. The van der Waals surface area contributed by atoms with Crippen molar-refractivity contribution in [2.45, 2.75) is 76.3 Å². The molecule has 4 heterocycles. The average molecular weight is 443 g/mol. The third-order valence-electron chi connectivity index (χ3n) is 9.62. The van der Waals surface area contributed by atoms with Crippen LogP contribution in [0.25, 0.3) is 0 Å². The predicted octanol–water partition coefficient (Wildman–Crippen LogP) is 3.06. The molecule has 2 N–H and O–H groups in total. The third kappa shape index (κ3) is 2.06. The van der Waals surface area contributed by atoms with Crippen LogP contribution in [-0.2, 0) is 19.1 Å². The number of furan rings is 1. The molecule has 2 saturated heterocycles. The normalized spacial score (nSPS) is 50.6. The highest BCUT2D eigenvalue weighted by molar-refractivity contribution is 5.86. The predicted molar refractivity (Wildman–Crippen MR) is 111 cm³/mol. The molecule has 7 rings (SSSR count). The number of hydrogen-bond acceptors (Lipinski definition) is 7. The van der Waals surface area contributed by atoms with Crippen LogP contribution in [0.4, 0.5) is 0 Å². The van der Waals surface area contributed by atoms with Crippen LogP contribution >= 0.6 is 0 Å². The fourth-order valence-electron chi connectivity index (χ4n) is 8.37. The monoisotopic (exact) mass is 442 g/mol. The van der Waals surface area contributed by atoms with Crippen molar-refractivity contribution < 1.29 is 33.7 Å². The van der Waals surface area contributed by atoms with E-state index in [0.29, 0.717) is 19.3 Å². The van der Waals surface area contributed by atoms with Gasteiger partial charge in [-0.1, -0.05) is 18.6 Å². The summed E-state index contributed by atoms with van der Waals surface area (Å²) in [4.78, 5) is 26.9. The molecule has 6 aliphatic rings. The topological polar surface area (TPSA) is 106 Å². The van der Waals surface area contributed by atoms with Crippen molar-refractivity contribution >= 4 is 11.9 Å². The molecule has 0 aromatic carbocycles. The number of carbonyl (C=O) groups is 2. The Balaban J connectivity index is 1.51. The van der Waals surface area contributed by atoms with E-state index in [-0.39, 0.29) is 12.3 Å². The summed E-state index contributed by atoms with van der Waals surface area (Å²) < 4.78 is 17.0. The van der Waals surface area contributed by atoms with E-state index in [1.165, 1.54) is 0 Å². The van der Waals surface area contributed by atoms with Crippen molar-refractivity contribution in [3.63, 3.8) is 0 Å². The van der Waals surface area contributed by atoms with Crippen LogP contribution in [0.5, 0.6) is 0 Å². The minimum atomic E-state index is -1.58. The summed E-state index contributed by atoms with van der Waals surface area (Å²) >= 11 is 0. The average Bonchev–Trinajstić information content (AvgIpc) is 3.31. The highest BCUT2D eigenvalue weighted by Crippen LogP contribution is 2.73. The van der Waals surface area contributed by atoms with Gasteiger partial charge in [-0.15, -0.1) is 0 Å².